The molecule has 0 radical (unpaired) electrons. The van der Waals surface area contributed by atoms with Gasteiger partial charge in [0.2, 0.25) is 5.88 Å². The fourth-order valence-electron chi connectivity index (χ4n) is 2.45. The molecule has 1 atom stereocenters. The normalized spacial score (nSPS) is 18.9. The van der Waals surface area contributed by atoms with Gasteiger partial charge in [-0.05, 0) is 30.1 Å². The van der Waals surface area contributed by atoms with Crippen LogP contribution in [0.5, 0.6) is 5.88 Å². The Morgan fingerprint density at radius 3 is 2.67 bits per heavy atom. The van der Waals surface area contributed by atoms with Crippen molar-refractivity contribution in [1.82, 2.24) is 4.98 Å². The summed E-state index contributed by atoms with van der Waals surface area (Å²) in [5, 5.41) is 0. The van der Waals surface area contributed by atoms with Crippen molar-refractivity contribution in [3.63, 3.8) is 0 Å². The summed E-state index contributed by atoms with van der Waals surface area (Å²) in [7, 11) is 0. The van der Waals surface area contributed by atoms with Gasteiger partial charge in [0.15, 0.2) is 5.78 Å². The summed E-state index contributed by atoms with van der Waals surface area (Å²) in [6.07, 6.45) is 12.7. The minimum atomic E-state index is -0.0928. The average Bonchev–Trinajstić information content (AvgIpc) is 2.84. The van der Waals surface area contributed by atoms with Crippen molar-refractivity contribution in [2.75, 3.05) is 19.8 Å². The third kappa shape index (κ3) is 6.04. The van der Waals surface area contributed by atoms with Crippen LogP contribution in [0, 0.1) is 11.3 Å². The van der Waals surface area contributed by atoms with E-state index in [9.17, 15) is 4.79 Å². The number of nitrogens with zero attached hydrogens (tertiary/aromatic N) is 1. The van der Waals surface area contributed by atoms with Crippen molar-refractivity contribution in [3.05, 3.63) is 66.4 Å². The van der Waals surface area contributed by atoms with Gasteiger partial charge < -0.3 is 9.47 Å². The van der Waals surface area contributed by atoms with Crippen molar-refractivity contribution in [3.8, 4) is 5.88 Å². The molecule has 1 aromatic rings. The first kappa shape index (κ1) is 20.8. The Hall–Kier alpha value is -2.46. The Kier molecular flexibility index (Phi) is 7.31. The molecule has 1 aliphatic carbocycles. The maximum absolute atomic E-state index is 11.4. The van der Waals surface area contributed by atoms with E-state index < -0.39 is 0 Å². The highest BCUT2D eigenvalue weighted by molar-refractivity contribution is 5.95. The summed E-state index contributed by atoms with van der Waals surface area (Å²) in [4.78, 5) is 15.7. The van der Waals surface area contributed by atoms with Gasteiger partial charge in [-0.25, -0.2) is 4.98 Å². The molecule has 0 spiro atoms. The smallest absolute Gasteiger partial charge is 0.213 e. The second-order valence-corrected chi connectivity index (χ2v) is 7.32. The van der Waals surface area contributed by atoms with Gasteiger partial charge in [-0.2, -0.15) is 0 Å². The van der Waals surface area contributed by atoms with Crippen LogP contribution in [0.2, 0.25) is 0 Å². The average molecular weight is 367 g/mol. The number of aromatic nitrogens is 1. The van der Waals surface area contributed by atoms with Gasteiger partial charge in [0.05, 0.1) is 6.61 Å². The lowest BCUT2D eigenvalue weighted by atomic mass is 9.79. The number of pyridine rings is 1. The number of Topliss-reactive ketones (excluding diaryl/α,β-unsaturated/α-hetero) is 1. The van der Waals surface area contributed by atoms with E-state index in [1.807, 2.05) is 18.3 Å². The first-order valence-corrected chi connectivity index (χ1v) is 9.26. The molecular formula is C23H29NO3. The molecule has 144 valence electrons. The third-order valence-electron chi connectivity index (χ3n) is 4.85. The van der Waals surface area contributed by atoms with E-state index in [4.69, 9.17) is 9.47 Å². The SMILES string of the molecule is C=C(C)C(=O)COCCOc1ccc(C2=CC=CC(C)(C(C)C)C=C2)cn1. The van der Waals surface area contributed by atoms with E-state index in [-0.39, 0.29) is 17.8 Å². The van der Waals surface area contributed by atoms with Crippen LogP contribution in [-0.2, 0) is 9.53 Å². The Bertz CT molecular complexity index is 756. The number of hydrogen-bond donors (Lipinski definition) is 0. The molecule has 2 rings (SSSR count). The maximum atomic E-state index is 11.4. The molecule has 0 aliphatic heterocycles. The van der Waals surface area contributed by atoms with Gasteiger partial charge in [-0.3, -0.25) is 4.79 Å². The van der Waals surface area contributed by atoms with E-state index in [0.29, 0.717) is 30.6 Å². The number of carbonyl (C=O) groups excluding carboxylic acids is 1. The Morgan fingerprint density at radius 2 is 2.04 bits per heavy atom. The molecule has 1 heterocycles. The van der Waals surface area contributed by atoms with Crippen LogP contribution in [0.3, 0.4) is 0 Å². The van der Waals surface area contributed by atoms with Crippen LogP contribution in [0.15, 0.2) is 60.9 Å². The molecule has 0 saturated carbocycles. The number of allylic oxidation sites excluding steroid dienone is 6. The summed E-state index contributed by atoms with van der Waals surface area (Å²) in [5.74, 6) is 0.971. The molecule has 1 unspecified atom stereocenters. The predicted octanol–water partition coefficient (Wildman–Crippen LogP) is 4.79. The molecule has 1 aromatic heterocycles. The van der Waals surface area contributed by atoms with E-state index in [2.05, 4.69) is 62.7 Å². The molecular weight excluding hydrogens is 338 g/mol. The van der Waals surface area contributed by atoms with Crippen LogP contribution in [0.1, 0.15) is 33.3 Å². The zero-order valence-electron chi connectivity index (χ0n) is 16.7. The van der Waals surface area contributed by atoms with Crippen molar-refractivity contribution in [1.29, 1.82) is 0 Å². The first-order valence-electron chi connectivity index (χ1n) is 9.26. The molecule has 0 amide bonds. The highest BCUT2D eigenvalue weighted by Crippen LogP contribution is 2.34. The van der Waals surface area contributed by atoms with Crippen LogP contribution >= 0.6 is 0 Å². The summed E-state index contributed by atoms with van der Waals surface area (Å²) in [6, 6.07) is 3.84. The summed E-state index contributed by atoms with van der Waals surface area (Å²) in [5.41, 5.74) is 2.72. The predicted molar refractivity (Wildman–Crippen MR) is 110 cm³/mol. The van der Waals surface area contributed by atoms with Crippen LogP contribution in [-0.4, -0.2) is 30.6 Å². The molecule has 0 saturated heterocycles. The first-order chi connectivity index (χ1) is 12.8. The van der Waals surface area contributed by atoms with E-state index in [1.165, 1.54) is 0 Å². The molecule has 1 aliphatic rings. The van der Waals surface area contributed by atoms with Crippen LogP contribution < -0.4 is 4.74 Å². The largest absolute Gasteiger partial charge is 0.475 e. The van der Waals surface area contributed by atoms with E-state index >= 15 is 0 Å². The number of rotatable bonds is 9. The molecule has 4 heteroatoms. The Labute approximate surface area is 162 Å². The lowest BCUT2D eigenvalue weighted by Crippen LogP contribution is -2.17. The van der Waals surface area contributed by atoms with Crippen LogP contribution in [0.4, 0.5) is 0 Å². The van der Waals surface area contributed by atoms with Gasteiger partial charge in [-0.15, -0.1) is 0 Å². The van der Waals surface area contributed by atoms with Crippen molar-refractivity contribution < 1.29 is 14.3 Å². The molecule has 4 nitrogen and oxygen atoms in total. The molecule has 0 aromatic carbocycles. The van der Waals surface area contributed by atoms with Gasteiger partial charge in [0, 0.05) is 23.2 Å². The number of ketones is 1. The Balaban J connectivity index is 1.87. The Morgan fingerprint density at radius 1 is 1.26 bits per heavy atom. The highest BCUT2D eigenvalue weighted by Gasteiger charge is 2.22. The van der Waals surface area contributed by atoms with Crippen molar-refractivity contribution >= 4 is 11.4 Å². The zero-order chi connectivity index (χ0) is 19.9. The van der Waals surface area contributed by atoms with Crippen molar-refractivity contribution in [2.45, 2.75) is 27.7 Å². The second kappa shape index (κ2) is 9.47. The van der Waals surface area contributed by atoms with Gasteiger partial charge in [-0.1, -0.05) is 57.7 Å². The fourth-order valence-corrected chi connectivity index (χ4v) is 2.45. The minimum absolute atomic E-state index is 0.0361. The second-order valence-electron chi connectivity index (χ2n) is 7.32. The number of carbonyl (C=O) groups is 1. The minimum Gasteiger partial charge on any atom is -0.475 e. The molecule has 0 bridgehead atoms. The topological polar surface area (TPSA) is 48.4 Å². The van der Waals surface area contributed by atoms with Crippen LogP contribution in [0.25, 0.3) is 5.57 Å². The standard InChI is InChI=1S/C23H29NO3/c1-17(2)21(25)16-26-13-14-27-22-9-8-20(15-24-22)19-7-6-11-23(5,12-10-19)18(3)4/h6-12,15,18H,1,13-14,16H2,2-5H3. The fraction of sp³-hybridized carbons (Fsp3) is 0.391. The lowest BCUT2D eigenvalue weighted by molar-refractivity contribution is -0.120. The molecule has 0 N–H and O–H groups in total. The quantitative estimate of drug-likeness (QED) is 0.465. The molecule has 27 heavy (non-hydrogen) atoms. The zero-order valence-corrected chi connectivity index (χ0v) is 16.7. The monoisotopic (exact) mass is 367 g/mol. The summed E-state index contributed by atoms with van der Waals surface area (Å²) in [6.45, 7) is 12.7. The molecule has 0 fully saturated rings. The van der Waals surface area contributed by atoms with Gasteiger partial charge >= 0.3 is 0 Å². The van der Waals surface area contributed by atoms with Gasteiger partial charge in [0.1, 0.15) is 13.2 Å². The van der Waals surface area contributed by atoms with E-state index in [1.54, 1.807) is 6.92 Å². The van der Waals surface area contributed by atoms with E-state index in [0.717, 1.165) is 11.1 Å². The maximum Gasteiger partial charge on any atom is 0.213 e. The third-order valence-corrected chi connectivity index (χ3v) is 4.85. The lowest BCUT2D eigenvalue weighted by Gasteiger charge is -2.26. The summed E-state index contributed by atoms with van der Waals surface area (Å²) >= 11 is 0. The number of hydrogen-bond acceptors (Lipinski definition) is 4. The highest BCUT2D eigenvalue weighted by atomic mass is 16.5. The number of ether oxygens (including phenoxy) is 2. The van der Waals surface area contributed by atoms with Crippen molar-refractivity contribution in [2.24, 2.45) is 11.3 Å². The summed E-state index contributed by atoms with van der Waals surface area (Å²) < 4.78 is 10.8. The van der Waals surface area contributed by atoms with Gasteiger partial charge in [0.25, 0.3) is 0 Å².